The van der Waals surface area contributed by atoms with Crippen molar-refractivity contribution < 1.29 is 4.79 Å². The zero-order valence-corrected chi connectivity index (χ0v) is 13.6. The Hall–Kier alpha value is -2.29. The number of fused-ring (bicyclic) bond motifs is 1. The molecule has 0 N–H and O–H groups in total. The molecule has 2 aliphatic rings. The highest BCUT2D eigenvalue weighted by Gasteiger charge is 2.48. The maximum absolute atomic E-state index is 13.4. The van der Waals surface area contributed by atoms with Crippen LogP contribution in [0.1, 0.15) is 47.2 Å². The van der Waals surface area contributed by atoms with Crippen molar-refractivity contribution in [3.05, 3.63) is 71.6 Å². The number of carbonyl (C=O) groups excluding carboxylic acids is 1. The fourth-order valence-corrected chi connectivity index (χ4v) is 4.29. The van der Waals surface area contributed by atoms with Crippen LogP contribution in [-0.4, -0.2) is 16.1 Å². The van der Waals surface area contributed by atoms with Crippen LogP contribution in [0, 0.1) is 6.92 Å². The molecule has 3 heteroatoms. The quantitative estimate of drug-likeness (QED) is 0.731. The molecule has 0 saturated heterocycles. The van der Waals surface area contributed by atoms with Crippen molar-refractivity contribution in [3.63, 3.8) is 0 Å². The van der Waals surface area contributed by atoms with Crippen LogP contribution in [-0.2, 0) is 6.42 Å². The van der Waals surface area contributed by atoms with Crippen molar-refractivity contribution in [3.8, 4) is 0 Å². The first-order valence-electron chi connectivity index (χ1n) is 8.38. The van der Waals surface area contributed by atoms with Gasteiger partial charge >= 0.3 is 0 Å². The average Bonchev–Trinajstić information content (AvgIpc) is 3.04. The summed E-state index contributed by atoms with van der Waals surface area (Å²) in [5, 5.41) is 1.96. The zero-order chi connectivity index (χ0) is 16.0. The molecule has 1 fully saturated rings. The molecule has 1 atom stereocenters. The van der Waals surface area contributed by atoms with E-state index < -0.39 is 0 Å². The Morgan fingerprint density at radius 1 is 1.13 bits per heavy atom. The van der Waals surface area contributed by atoms with E-state index in [2.05, 4.69) is 18.7 Å². The van der Waals surface area contributed by atoms with Crippen LogP contribution in [0.4, 0.5) is 0 Å². The number of carbonyl (C=O) groups is 1. The molecular weight excluding hydrogens is 284 g/mol. The van der Waals surface area contributed by atoms with Gasteiger partial charge in [-0.1, -0.05) is 31.2 Å². The molecule has 2 aromatic rings. The minimum Gasteiger partial charge on any atom is -0.267 e. The van der Waals surface area contributed by atoms with Crippen LogP contribution in [0.5, 0.6) is 0 Å². The summed E-state index contributed by atoms with van der Waals surface area (Å²) in [4.78, 5) is 13.4. The molecule has 1 unspecified atom stereocenters. The van der Waals surface area contributed by atoms with E-state index in [1.807, 2.05) is 47.2 Å². The molecule has 3 nitrogen and oxygen atoms in total. The first kappa shape index (κ1) is 14.3. The summed E-state index contributed by atoms with van der Waals surface area (Å²) in [5.41, 5.74) is 4.00. The van der Waals surface area contributed by atoms with E-state index in [0.29, 0.717) is 0 Å². The van der Waals surface area contributed by atoms with Gasteiger partial charge in [-0.2, -0.15) is 0 Å². The van der Waals surface area contributed by atoms with Gasteiger partial charge in [-0.25, -0.2) is 5.01 Å². The number of nitrogens with zero attached hydrogens (tertiary/aromatic N) is 2. The smallest absolute Gasteiger partial charge is 0.267 e. The third-order valence-electron chi connectivity index (χ3n) is 5.45. The van der Waals surface area contributed by atoms with Crippen molar-refractivity contribution in [2.45, 2.75) is 44.6 Å². The van der Waals surface area contributed by atoms with Gasteiger partial charge in [0.2, 0.25) is 0 Å². The largest absolute Gasteiger partial charge is 0.274 e. The number of aryl methyl sites for hydroxylation is 1. The lowest BCUT2D eigenvalue weighted by Gasteiger charge is -2.51. The molecular formula is C20H22N2O. The summed E-state index contributed by atoms with van der Waals surface area (Å²) < 4.78 is 1.95. The fourth-order valence-electron chi connectivity index (χ4n) is 4.29. The van der Waals surface area contributed by atoms with E-state index in [9.17, 15) is 4.79 Å². The molecule has 1 amide bonds. The molecule has 0 bridgehead atoms. The molecule has 1 aromatic heterocycles. The zero-order valence-electron chi connectivity index (χ0n) is 13.6. The number of hydrogen-bond acceptors (Lipinski definition) is 1. The summed E-state index contributed by atoms with van der Waals surface area (Å²) in [6, 6.07) is 10.1. The highest BCUT2D eigenvalue weighted by Crippen LogP contribution is 2.43. The number of aromatic nitrogens is 1. The molecule has 2 heterocycles. The third-order valence-corrected chi connectivity index (χ3v) is 5.45. The van der Waals surface area contributed by atoms with Gasteiger partial charge in [-0.05, 0) is 55.0 Å². The number of hydrogen-bond donors (Lipinski definition) is 0. The Labute approximate surface area is 137 Å². The van der Waals surface area contributed by atoms with Gasteiger partial charge in [-0.15, -0.1) is 0 Å². The van der Waals surface area contributed by atoms with E-state index in [4.69, 9.17) is 0 Å². The molecule has 23 heavy (non-hydrogen) atoms. The van der Waals surface area contributed by atoms with E-state index in [1.165, 1.54) is 17.6 Å². The second kappa shape index (κ2) is 5.12. The number of benzene rings is 1. The normalized spacial score (nSPS) is 24.1. The summed E-state index contributed by atoms with van der Waals surface area (Å²) in [6.45, 7) is 6.40. The SMILES string of the molecule is C=C1CCCCC12Cc1cccc(C)c1C(=O)N2n1cccc1. The first-order chi connectivity index (χ1) is 11.1. The lowest BCUT2D eigenvalue weighted by molar-refractivity contribution is 0.0891. The van der Waals surface area contributed by atoms with Crippen molar-refractivity contribution in [1.29, 1.82) is 0 Å². The van der Waals surface area contributed by atoms with E-state index >= 15 is 0 Å². The Bertz CT molecular complexity index is 775. The predicted octanol–water partition coefficient (Wildman–Crippen LogP) is 4.00. The van der Waals surface area contributed by atoms with E-state index in [1.54, 1.807) is 0 Å². The number of amides is 1. The highest BCUT2D eigenvalue weighted by molar-refractivity contribution is 6.06. The molecule has 1 aliphatic carbocycles. The summed E-state index contributed by atoms with van der Waals surface area (Å²) in [5.74, 6) is 0.101. The molecule has 118 valence electrons. The predicted molar refractivity (Wildman–Crippen MR) is 92.2 cm³/mol. The molecule has 1 saturated carbocycles. The van der Waals surface area contributed by atoms with Crippen molar-refractivity contribution >= 4 is 5.91 Å². The monoisotopic (exact) mass is 306 g/mol. The molecule has 4 rings (SSSR count). The van der Waals surface area contributed by atoms with Gasteiger partial charge in [0.25, 0.3) is 5.91 Å². The molecule has 0 radical (unpaired) electrons. The van der Waals surface area contributed by atoms with Gasteiger partial charge < -0.3 is 0 Å². The summed E-state index contributed by atoms with van der Waals surface area (Å²) >= 11 is 0. The Kier molecular flexibility index (Phi) is 3.19. The lowest BCUT2D eigenvalue weighted by Crippen LogP contribution is -2.63. The summed E-state index contributed by atoms with van der Waals surface area (Å²) in [7, 11) is 0. The van der Waals surface area contributed by atoms with Crippen LogP contribution in [0.15, 0.2) is 54.9 Å². The first-order valence-corrected chi connectivity index (χ1v) is 8.38. The second-order valence-corrected chi connectivity index (χ2v) is 6.81. The Balaban J connectivity index is 1.94. The number of rotatable bonds is 1. The van der Waals surface area contributed by atoms with Crippen LogP contribution in [0.3, 0.4) is 0 Å². The maximum Gasteiger partial charge on any atom is 0.274 e. The van der Waals surface area contributed by atoms with Crippen molar-refractivity contribution in [2.24, 2.45) is 0 Å². The average molecular weight is 306 g/mol. The fraction of sp³-hybridized carbons (Fsp3) is 0.350. The van der Waals surface area contributed by atoms with Crippen LogP contribution in [0.2, 0.25) is 0 Å². The molecule has 1 aromatic carbocycles. The van der Waals surface area contributed by atoms with Crippen molar-refractivity contribution in [2.75, 3.05) is 5.01 Å². The van der Waals surface area contributed by atoms with Crippen LogP contribution in [0.25, 0.3) is 0 Å². The molecule has 1 aliphatic heterocycles. The standard InChI is InChI=1S/C20H22N2O/c1-15-8-7-10-17-14-20(11-4-3-9-16(20)2)22(19(23)18(15)17)21-12-5-6-13-21/h5-8,10,12-13H,2-4,9,11,14H2,1H3. The van der Waals surface area contributed by atoms with Crippen LogP contribution >= 0.6 is 0 Å². The topological polar surface area (TPSA) is 25.2 Å². The Morgan fingerprint density at radius 3 is 2.65 bits per heavy atom. The minimum atomic E-state index is -0.283. The Morgan fingerprint density at radius 2 is 1.91 bits per heavy atom. The third kappa shape index (κ3) is 1.99. The van der Waals surface area contributed by atoms with Gasteiger partial charge in [0.15, 0.2) is 0 Å². The van der Waals surface area contributed by atoms with Crippen LogP contribution < -0.4 is 5.01 Å². The van der Waals surface area contributed by atoms with Gasteiger partial charge in [-0.3, -0.25) is 9.47 Å². The van der Waals surface area contributed by atoms with E-state index in [0.717, 1.165) is 36.8 Å². The van der Waals surface area contributed by atoms with Gasteiger partial charge in [0, 0.05) is 24.4 Å². The lowest BCUT2D eigenvalue weighted by atomic mass is 9.70. The van der Waals surface area contributed by atoms with Gasteiger partial charge in [0.1, 0.15) is 0 Å². The second-order valence-electron chi connectivity index (χ2n) is 6.81. The maximum atomic E-state index is 13.4. The summed E-state index contributed by atoms with van der Waals surface area (Å²) in [6.07, 6.45) is 9.11. The van der Waals surface area contributed by atoms with Gasteiger partial charge in [0.05, 0.1) is 5.54 Å². The van der Waals surface area contributed by atoms with E-state index in [-0.39, 0.29) is 11.4 Å². The molecule has 1 spiro atoms. The minimum absolute atomic E-state index is 0.101. The van der Waals surface area contributed by atoms with Crippen molar-refractivity contribution in [1.82, 2.24) is 4.68 Å². The highest BCUT2D eigenvalue weighted by atomic mass is 16.2.